The molecule has 1 aromatic carbocycles. The molecular weight excluding hydrogens is 264 g/mol. The van der Waals surface area contributed by atoms with E-state index >= 15 is 0 Å². The van der Waals surface area contributed by atoms with Gasteiger partial charge in [0.25, 0.3) is 0 Å². The van der Waals surface area contributed by atoms with E-state index in [2.05, 4.69) is 34.1 Å². The first-order chi connectivity index (χ1) is 10.1. The molecule has 0 aliphatic carbocycles. The second-order valence-electron chi connectivity index (χ2n) is 5.45. The largest absolute Gasteiger partial charge is 0.478 e. The number of nitrogens with zero attached hydrogens (tertiary/aromatic N) is 2. The van der Waals surface area contributed by atoms with Crippen LogP contribution < -0.4 is 4.90 Å². The Labute approximate surface area is 124 Å². The van der Waals surface area contributed by atoms with Crippen LogP contribution in [0.3, 0.4) is 0 Å². The summed E-state index contributed by atoms with van der Waals surface area (Å²) in [4.78, 5) is 17.9. The lowest BCUT2D eigenvalue weighted by Gasteiger charge is -2.22. The minimum Gasteiger partial charge on any atom is -0.478 e. The highest BCUT2D eigenvalue weighted by Gasteiger charge is 2.17. The Bertz CT molecular complexity index is 682. The Hall–Kier alpha value is -2.36. The van der Waals surface area contributed by atoms with E-state index < -0.39 is 5.97 Å². The second kappa shape index (κ2) is 5.56. The number of carboxylic acid groups (broad SMARTS) is 1. The van der Waals surface area contributed by atoms with Gasteiger partial charge in [-0.3, -0.25) is 0 Å². The summed E-state index contributed by atoms with van der Waals surface area (Å²) in [5.74, 6) is -0.152. The van der Waals surface area contributed by atoms with Crippen molar-refractivity contribution < 1.29 is 9.90 Å². The van der Waals surface area contributed by atoms with Gasteiger partial charge in [-0.1, -0.05) is 24.3 Å². The minimum absolute atomic E-state index is 0.301. The molecule has 4 heteroatoms. The quantitative estimate of drug-likeness (QED) is 0.920. The maximum atomic E-state index is 11.2. The molecule has 2 heterocycles. The Kier molecular flexibility index (Phi) is 3.60. The summed E-state index contributed by atoms with van der Waals surface area (Å²) in [6, 6.07) is 11.7. The number of fused-ring (bicyclic) bond motifs is 1. The SMILES string of the molecule is Cc1cc(C(=O)O)cc(N2CCCc3ccccc3C2)n1. The van der Waals surface area contributed by atoms with Crippen molar-refractivity contribution in [2.75, 3.05) is 11.4 Å². The smallest absolute Gasteiger partial charge is 0.335 e. The molecule has 0 radical (unpaired) electrons. The molecule has 108 valence electrons. The van der Waals surface area contributed by atoms with Gasteiger partial charge in [0.05, 0.1) is 5.56 Å². The van der Waals surface area contributed by atoms with Crippen molar-refractivity contribution in [1.29, 1.82) is 0 Å². The van der Waals surface area contributed by atoms with Gasteiger partial charge < -0.3 is 10.0 Å². The first-order valence-electron chi connectivity index (χ1n) is 7.17. The van der Waals surface area contributed by atoms with Gasteiger partial charge in [0, 0.05) is 18.8 Å². The van der Waals surface area contributed by atoms with Crippen molar-refractivity contribution >= 4 is 11.8 Å². The monoisotopic (exact) mass is 282 g/mol. The van der Waals surface area contributed by atoms with Gasteiger partial charge in [-0.05, 0) is 43.0 Å². The maximum Gasteiger partial charge on any atom is 0.335 e. The van der Waals surface area contributed by atoms with E-state index in [0.717, 1.165) is 37.4 Å². The number of rotatable bonds is 2. The second-order valence-corrected chi connectivity index (χ2v) is 5.45. The number of hydrogen-bond donors (Lipinski definition) is 1. The summed E-state index contributed by atoms with van der Waals surface area (Å²) in [6.07, 6.45) is 2.11. The molecule has 21 heavy (non-hydrogen) atoms. The summed E-state index contributed by atoms with van der Waals surface area (Å²) in [5.41, 5.74) is 3.72. The van der Waals surface area contributed by atoms with Gasteiger partial charge in [0.15, 0.2) is 0 Å². The zero-order valence-corrected chi connectivity index (χ0v) is 12.0. The van der Waals surface area contributed by atoms with E-state index in [1.807, 2.05) is 6.92 Å². The number of pyridine rings is 1. The van der Waals surface area contributed by atoms with Crippen LogP contribution in [0.1, 0.15) is 33.6 Å². The third-order valence-corrected chi connectivity index (χ3v) is 3.86. The lowest BCUT2D eigenvalue weighted by atomic mass is 10.0. The van der Waals surface area contributed by atoms with Crippen LogP contribution in [0.15, 0.2) is 36.4 Å². The number of hydrogen-bond acceptors (Lipinski definition) is 3. The molecule has 2 aromatic rings. The fraction of sp³-hybridized carbons (Fsp3) is 0.294. The fourth-order valence-electron chi connectivity index (χ4n) is 2.83. The predicted molar refractivity (Wildman–Crippen MR) is 81.7 cm³/mol. The van der Waals surface area contributed by atoms with Crippen molar-refractivity contribution in [3.05, 3.63) is 58.8 Å². The average molecular weight is 282 g/mol. The third kappa shape index (κ3) is 2.89. The van der Waals surface area contributed by atoms with Crippen molar-refractivity contribution in [3.63, 3.8) is 0 Å². The van der Waals surface area contributed by atoms with Crippen LogP contribution in [-0.2, 0) is 13.0 Å². The van der Waals surface area contributed by atoms with Gasteiger partial charge in [-0.15, -0.1) is 0 Å². The van der Waals surface area contributed by atoms with E-state index in [-0.39, 0.29) is 0 Å². The molecule has 1 aliphatic heterocycles. The van der Waals surface area contributed by atoms with E-state index in [9.17, 15) is 9.90 Å². The number of aromatic carboxylic acids is 1. The number of anilines is 1. The van der Waals surface area contributed by atoms with Crippen LogP contribution in [0.4, 0.5) is 5.82 Å². The minimum atomic E-state index is -0.906. The standard InChI is InChI=1S/C17H18N2O2/c1-12-9-15(17(20)21)10-16(18-12)19-8-4-7-13-5-2-3-6-14(13)11-19/h2-3,5-6,9-10H,4,7-8,11H2,1H3,(H,20,21). The molecule has 0 saturated heterocycles. The zero-order chi connectivity index (χ0) is 14.8. The van der Waals surface area contributed by atoms with E-state index in [4.69, 9.17) is 0 Å². The molecule has 0 spiro atoms. The molecule has 0 unspecified atom stereocenters. The molecule has 1 aromatic heterocycles. The number of benzene rings is 1. The molecule has 0 atom stereocenters. The summed E-state index contributed by atoms with van der Waals surface area (Å²) in [6.45, 7) is 3.51. The first kappa shape index (κ1) is 13.6. The van der Waals surface area contributed by atoms with Crippen molar-refractivity contribution in [1.82, 2.24) is 4.98 Å². The van der Waals surface area contributed by atoms with Crippen LogP contribution in [0.5, 0.6) is 0 Å². The molecule has 0 bridgehead atoms. The molecule has 0 amide bonds. The third-order valence-electron chi connectivity index (χ3n) is 3.86. The molecule has 4 nitrogen and oxygen atoms in total. The number of carbonyl (C=O) groups is 1. The average Bonchev–Trinajstić information content (AvgIpc) is 2.68. The summed E-state index contributed by atoms with van der Waals surface area (Å²) >= 11 is 0. The highest BCUT2D eigenvalue weighted by Crippen LogP contribution is 2.23. The Morgan fingerprint density at radius 3 is 2.76 bits per heavy atom. The topological polar surface area (TPSA) is 53.4 Å². The Balaban J connectivity index is 1.95. The van der Waals surface area contributed by atoms with Gasteiger partial charge in [-0.2, -0.15) is 0 Å². The van der Waals surface area contributed by atoms with Crippen LogP contribution in [0.25, 0.3) is 0 Å². The van der Waals surface area contributed by atoms with Crippen molar-refractivity contribution in [3.8, 4) is 0 Å². The lowest BCUT2D eigenvalue weighted by Crippen LogP contribution is -2.24. The van der Waals surface area contributed by atoms with Gasteiger partial charge in [0.1, 0.15) is 5.82 Å². The highest BCUT2D eigenvalue weighted by atomic mass is 16.4. The fourth-order valence-corrected chi connectivity index (χ4v) is 2.83. The van der Waals surface area contributed by atoms with Gasteiger partial charge >= 0.3 is 5.97 Å². The highest BCUT2D eigenvalue weighted by molar-refractivity contribution is 5.88. The Morgan fingerprint density at radius 1 is 1.24 bits per heavy atom. The molecule has 1 N–H and O–H groups in total. The predicted octanol–water partition coefficient (Wildman–Crippen LogP) is 3.04. The van der Waals surface area contributed by atoms with Crippen LogP contribution in [-0.4, -0.2) is 22.6 Å². The number of aryl methyl sites for hydroxylation is 2. The van der Waals surface area contributed by atoms with Crippen LogP contribution in [0, 0.1) is 6.92 Å². The van der Waals surface area contributed by atoms with Crippen molar-refractivity contribution in [2.45, 2.75) is 26.3 Å². The summed E-state index contributed by atoms with van der Waals surface area (Å²) < 4.78 is 0. The molecular formula is C17H18N2O2. The number of aromatic nitrogens is 1. The molecule has 3 rings (SSSR count). The van der Waals surface area contributed by atoms with Crippen LogP contribution >= 0.6 is 0 Å². The molecule has 0 fully saturated rings. The first-order valence-corrected chi connectivity index (χ1v) is 7.17. The van der Waals surface area contributed by atoms with Crippen molar-refractivity contribution in [2.24, 2.45) is 0 Å². The molecule has 0 saturated carbocycles. The van der Waals surface area contributed by atoms with Gasteiger partial charge in [0.2, 0.25) is 0 Å². The normalized spacial score (nSPS) is 14.4. The zero-order valence-electron chi connectivity index (χ0n) is 12.0. The summed E-state index contributed by atoms with van der Waals surface area (Å²) in [7, 11) is 0. The lowest BCUT2D eigenvalue weighted by molar-refractivity contribution is 0.0696. The number of carboxylic acids is 1. The summed E-state index contributed by atoms with van der Waals surface area (Å²) in [5, 5.41) is 9.20. The Morgan fingerprint density at radius 2 is 2.00 bits per heavy atom. The van der Waals surface area contributed by atoms with E-state index in [1.54, 1.807) is 12.1 Å². The molecule has 1 aliphatic rings. The van der Waals surface area contributed by atoms with Crippen LogP contribution in [0.2, 0.25) is 0 Å². The van der Waals surface area contributed by atoms with E-state index in [0.29, 0.717) is 5.56 Å². The van der Waals surface area contributed by atoms with E-state index in [1.165, 1.54) is 11.1 Å². The van der Waals surface area contributed by atoms with Gasteiger partial charge in [-0.25, -0.2) is 9.78 Å². The maximum absolute atomic E-state index is 11.2.